The maximum Gasteiger partial charge on any atom is 0.0934 e. The van der Waals surface area contributed by atoms with Crippen molar-refractivity contribution in [3.63, 3.8) is 0 Å². The maximum absolute atomic E-state index is 5.79. The number of likely N-dealkylation sites (N-methyl/N-ethyl adjacent to an activating group) is 1. The minimum Gasteiger partial charge on any atom is -0.372 e. The SMILES string of the molecule is CCN1CC2(CCCCO2)C1. The number of likely N-dealkylation sites (tertiary alicyclic amines) is 1. The molecule has 0 saturated carbocycles. The summed E-state index contributed by atoms with van der Waals surface area (Å²) in [6.07, 6.45) is 3.94. The zero-order chi connectivity index (χ0) is 7.73. The lowest BCUT2D eigenvalue weighted by atomic mass is 9.86. The molecule has 0 bridgehead atoms. The van der Waals surface area contributed by atoms with Crippen LogP contribution >= 0.6 is 0 Å². The predicted molar refractivity (Wildman–Crippen MR) is 44.6 cm³/mol. The molecule has 2 heterocycles. The highest BCUT2D eigenvalue weighted by molar-refractivity contribution is 4.97. The summed E-state index contributed by atoms with van der Waals surface area (Å²) < 4.78 is 5.79. The average Bonchev–Trinajstić information content (AvgIpc) is 2.01. The third-order valence-electron chi connectivity index (χ3n) is 2.91. The van der Waals surface area contributed by atoms with Crippen LogP contribution in [0.25, 0.3) is 0 Å². The monoisotopic (exact) mass is 155 g/mol. The van der Waals surface area contributed by atoms with Crippen LogP contribution in [0.4, 0.5) is 0 Å². The van der Waals surface area contributed by atoms with E-state index >= 15 is 0 Å². The van der Waals surface area contributed by atoms with E-state index in [9.17, 15) is 0 Å². The Hall–Kier alpha value is -0.0800. The standard InChI is InChI=1S/C9H17NO/c1-2-10-7-9(8-10)5-3-4-6-11-9/h2-8H2,1H3. The maximum atomic E-state index is 5.79. The fraction of sp³-hybridized carbons (Fsp3) is 1.00. The van der Waals surface area contributed by atoms with E-state index in [-0.39, 0.29) is 0 Å². The van der Waals surface area contributed by atoms with Crippen LogP contribution in [0.15, 0.2) is 0 Å². The van der Waals surface area contributed by atoms with Crippen molar-refractivity contribution in [2.45, 2.75) is 31.8 Å². The molecule has 0 N–H and O–H groups in total. The lowest BCUT2D eigenvalue weighted by Crippen LogP contribution is -2.63. The smallest absolute Gasteiger partial charge is 0.0934 e. The van der Waals surface area contributed by atoms with Gasteiger partial charge in [-0.15, -0.1) is 0 Å². The molecular weight excluding hydrogens is 138 g/mol. The van der Waals surface area contributed by atoms with Gasteiger partial charge >= 0.3 is 0 Å². The number of hydrogen-bond donors (Lipinski definition) is 0. The summed E-state index contributed by atoms with van der Waals surface area (Å²) in [5.41, 5.74) is 0.300. The van der Waals surface area contributed by atoms with Crippen LogP contribution in [0.2, 0.25) is 0 Å². The average molecular weight is 155 g/mol. The van der Waals surface area contributed by atoms with Crippen LogP contribution in [0.5, 0.6) is 0 Å². The van der Waals surface area contributed by atoms with Crippen molar-refractivity contribution in [2.24, 2.45) is 0 Å². The van der Waals surface area contributed by atoms with Crippen molar-refractivity contribution < 1.29 is 4.74 Å². The summed E-state index contributed by atoms with van der Waals surface area (Å²) >= 11 is 0. The van der Waals surface area contributed by atoms with Crippen LogP contribution in [-0.2, 0) is 4.74 Å². The summed E-state index contributed by atoms with van der Waals surface area (Å²) in [6, 6.07) is 0. The van der Waals surface area contributed by atoms with Gasteiger partial charge in [-0.25, -0.2) is 0 Å². The fourth-order valence-corrected chi connectivity index (χ4v) is 2.15. The minimum atomic E-state index is 0.300. The minimum absolute atomic E-state index is 0.300. The molecule has 2 rings (SSSR count). The quantitative estimate of drug-likeness (QED) is 0.565. The number of rotatable bonds is 1. The molecule has 2 nitrogen and oxygen atoms in total. The van der Waals surface area contributed by atoms with Crippen molar-refractivity contribution in [3.8, 4) is 0 Å². The van der Waals surface area contributed by atoms with Gasteiger partial charge in [0.15, 0.2) is 0 Å². The van der Waals surface area contributed by atoms with Crippen LogP contribution in [0, 0.1) is 0 Å². The lowest BCUT2D eigenvalue weighted by Gasteiger charge is -2.51. The highest BCUT2D eigenvalue weighted by Gasteiger charge is 2.43. The van der Waals surface area contributed by atoms with E-state index in [1.54, 1.807) is 0 Å². The Morgan fingerprint density at radius 1 is 1.36 bits per heavy atom. The van der Waals surface area contributed by atoms with Crippen molar-refractivity contribution in [1.29, 1.82) is 0 Å². The molecule has 0 amide bonds. The second kappa shape index (κ2) is 2.76. The van der Waals surface area contributed by atoms with E-state index in [4.69, 9.17) is 4.74 Å². The molecule has 11 heavy (non-hydrogen) atoms. The Kier molecular flexibility index (Phi) is 1.90. The van der Waals surface area contributed by atoms with Gasteiger partial charge in [0.1, 0.15) is 0 Å². The van der Waals surface area contributed by atoms with Crippen molar-refractivity contribution in [1.82, 2.24) is 4.90 Å². The van der Waals surface area contributed by atoms with Crippen molar-refractivity contribution in [3.05, 3.63) is 0 Å². The van der Waals surface area contributed by atoms with E-state index in [0.29, 0.717) is 5.60 Å². The highest BCUT2D eigenvalue weighted by atomic mass is 16.5. The van der Waals surface area contributed by atoms with Crippen LogP contribution < -0.4 is 0 Å². The molecule has 2 aliphatic rings. The lowest BCUT2D eigenvalue weighted by molar-refractivity contribution is -0.164. The molecule has 0 aliphatic carbocycles. The molecule has 2 aliphatic heterocycles. The molecule has 2 saturated heterocycles. The van der Waals surface area contributed by atoms with Crippen LogP contribution in [-0.4, -0.2) is 36.7 Å². The summed E-state index contributed by atoms with van der Waals surface area (Å²) in [7, 11) is 0. The van der Waals surface area contributed by atoms with E-state index < -0.39 is 0 Å². The zero-order valence-corrected chi connectivity index (χ0v) is 7.31. The largest absolute Gasteiger partial charge is 0.372 e. The first-order chi connectivity index (χ1) is 5.35. The summed E-state index contributed by atoms with van der Waals surface area (Å²) in [5.74, 6) is 0. The summed E-state index contributed by atoms with van der Waals surface area (Å²) in [5, 5.41) is 0. The predicted octanol–water partition coefficient (Wildman–Crippen LogP) is 1.26. The normalized spacial score (nSPS) is 30.3. The van der Waals surface area contributed by atoms with Gasteiger partial charge in [0.05, 0.1) is 5.60 Å². The third kappa shape index (κ3) is 1.30. The van der Waals surface area contributed by atoms with Crippen molar-refractivity contribution >= 4 is 0 Å². The first-order valence-corrected chi connectivity index (χ1v) is 4.71. The Balaban J connectivity index is 1.84. The Labute approximate surface area is 68.5 Å². The van der Waals surface area contributed by atoms with E-state index in [0.717, 1.165) is 6.61 Å². The first-order valence-electron chi connectivity index (χ1n) is 4.71. The summed E-state index contributed by atoms with van der Waals surface area (Å²) in [6.45, 7) is 6.77. The van der Waals surface area contributed by atoms with Gasteiger partial charge in [-0.05, 0) is 25.8 Å². The molecular formula is C9H17NO. The fourth-order valence-electron chi connectivity index (χ4n) is 2.15. The topological polar surface area (TPSA) is 12.5 Å². The van der Waals surface area contributed by atoms with Crippen molar-refractivity contribution in [2.75, 3.05) is 26.2 Å². The molecule has 2 heteroatoms. The van der Waals surface area contributed by atoms with Crippen LogP contribution in [0.3, 0.4) is 0 Å². The van der Waals surface area contributed by atoms with Gasteiger partial charge in [-0.3, -0.25) is 4.90 Å². The molecule has 0 radical (unpaired) electrons. The zero-order valence-electron chi connectivity index (χ0n) is 7.31. The van der Waals surface area contributed by atoms with Gasteiger partial charge in [-0.1, -0.05) is 6.92 Å². The molecule has 0 atom stereocenters. The molecule has 0 aromatic rings. The highest BCUT2D eigenvalue weighted by Crippen LogP contribution is 2.33. The Morgan fingerprint density at radius 3 is 2.73 bits per heavy atom. The third-order valence-corrected chi connectivity index (χ3v) is 2.91. The molecule has 1 spiro atoms. The molecule has 2 fully saturated rings. The van der Waals surface area contributed by atoms with Gasteiger partial charge in [0.25, 0.3) is 0 Å². The van der Waals surface area contributed by atoms with E-state index in [1.165, 1.54) is 38.9 Å². The molecule has 0 aromatic heterocycles. The van der Waals surface area contributed by atoms with E-state index in [2.05, 4.69) is 11.8 Å². The van der Waals surface area contributed by atoms with Gasteiger partial charge in [-0.2, -0.15) is 0 Å². The van der Waals surface area contributed by atoms with Crippen LogP contribution in [0.1, 0.15) is 26.2 Å². The molecule has 0 aromatic carbocycles. The Morgan fingerprint density at radius 2 is 2.18 bits per heavy atom. The van der Waals surface area contributed by atoms with E-state index in [1.807, 2.05) is 0 Å². The second-order valence-corrected chi connectivity index (χ2v) is 3.79. The Bertz CT molecular complexity index is 132. The summed E-state index contributed by atoms with van der Waals surface area (Å²) in [4.78, 5) is 2.45. The first kappa shape index (κ1) is 7.56. The number of nitrogens with zero attached hydrogens (tertiary/aromatic N) is 1. The molecule has 64 valence electrons. The van der Waals surface area contributed by atoms with Gasteiger partial charge in [0, 0.05) is 19.7 Å². The van der Waals surface area contributed by atoms with Gasteiger partial charge in [0.2, 0.25) is 0 Å². The number of hydrogen-bond acceptors (Lipinski definition) is 2. The number of ether oxygens (including phenoxy) is 1. The molecule has 0 unspecified atom stereocenters. The second-order valence-electron chi connectivity index (χ2n) is 3.79. The van der Waals surface area contributed by atoms with Gasteiger partial charge < -0.3 is 4.74 Å².